The zero-order valence-corrected chi connectivity index (χ0v) is 15.9. The number of hydrogen-bond acceptors (Lipinski definition) is 5. The van der Waals surface area contributed by atoms with E-state index in [4.69, 9.17) is 15.3 Å². The van der Waals surface area contributed by atoms with E-state index < -0.39 is 0 Å². The van der Waals surface area contributed by atoms with Crippen molar-refractivity contribution in [3.05, 3.63) is 29.8 Å². The number of hydrogen-bond donors (Lipinski definition) is 2. The molecule has 1 unspecified atom stereocenters. The molecule has 1 aliphatic rings. The Labute approximate surface area is 156 Å². The van der Waals surface area contributed by atoms with Crippen LogP contribution in [0.15, 0.2) is 29.4 Å². The largest absolute Gasteiger partial charge is 0.493 e. The van der Waals surface area contributed by atoms with Crippen LogP contribution in [-0.2, 0) is 9.63 Å². The summed E-state index contributed by atoms with van der Waals surface area (Å²) < 4.78 is 5.74. The van der Waals surface area contributed by atoms with Crippen molar-refractivity contribution in [2.45, 2.75) is 52.1 Å². The minimum absolute atomic E-state index is 0.0244. The zero-order chi connectivity index (χ0) is 18.8. The predicted octanol–water partition coefficient (Wildman–Crippen LogP) is 2.85. The van der Waals surface area contributed by atoms with Gasteiger partial charge >= 0.3 is 0 Å². The number of carbonyl (C=O) groups is 1. The number of ether oxygens (including phenoxy) is 1. The third-order valence-corrected chi connectivity index (χ3v) is 4.31. The molecule has 1 saturated carbocycles. The summed E-state index contributed by atoms with van der Waals surface area (Å²) in [5, 5.41) is 7.02. The van der Waals surface area contributed by atoms with Crippen LogP contribution in [0.5, 0.6) is 5.75 Å². The molecule has 0 spiro atoms. The molecular formula is C20H31N3O3. The van der Waals surface area contributed by atoms with Crippen molar-refractivity contribution in [3.63, 3.8) is 0 Å². The minimum Gasteiger partial charge on any atom is -0.493 e. The third kappa shape index (κ3) is 7.87. The highest BCUT2D eigenvalue weighted by molar-refractivity contribution is 5.98. The lowest BCUT2D eigenvalue weighted by Gasteiger charge is -2.11. The monoisotopic (exact) mass is 361 g/mol. The highest BCUT2D eigenvalue weighted by atomic mass is 16.6. The SMILES string of the molecule is C/C(=N\OC(C)CCC(=O)NCCCN)c1ccc(OCC2CC2)cc1. The summed E-state index contributed by atoms with van der Waals surface area (Å²) >= 11 is 0. The molecule has 6 heteroatoms. The standard InChI is InChI=1S/C20H31N3O3/c1-15(4-11-20(24)22-13-3-12-21)26-23-16(2)18-7-9-19(10-8-18)25-14-17-5-6-17/h7-10,15,17H,3-6,11-14,21H2,1-2H3,(H,22,24)/b23-16+. The number of nitrogens with zero attached hydrogens (tertiary/aromatic N) is 1. The lowest BCUT2D eigenvalue weighted by Crippen LogP contribution is -2.26. The van der Waals surface area contributed by atoms with Crippen molar-refractivity contribution in [2.24, 2.45) is 16.8 Å². The van der Waals surface area contributed by atoms with Crippen LogP contribution in [-0.4, -0.2) is 37.4 Å². The second-order valence-corrected chi connectivity index (χ2v) is 6.90. The molecular weight excluding hydrogens is 330 g/mol. The number of amides is 1. The summed E-state index contributed by atoms with van der Waals surface area (Å²) in [5.41, 5.74) is 7.20. The fourth-order valence-corrected chi connectivity index (χ4v) is 2.32. The van der Waals surface area contributed by atoms with Crippen LogP contribution < -0.4 is 15.8 Å². The second-order valence-electron chi connectivity index (χ2n) is 6.90. The van der Waals surface area contributed by atoms with Gasteiger partial charge < -0.3 is 20.6 Å². The molecule has 3 N–H and O–H groups in total. The average molecular weight is 361 g/mol. The van der Waals surface area contributed by atoms with Crippen molar-refractivity contribution >= 4 is 11.6 Å². The smallest absolute Gasteiger partial charge is 0.220 e. The molecule has 0 saturated heterocycles. The van der Waals surface area contributed by atoms with Gasteiger partial charge in [0.15, 0.2) is 0 Å². The Bertz CT molecular complexity index is 582. The van der Waals surface area contributed by atoms with Crippen molar-refractivity contribution in [1.29, 1.82) is 0 Å². The number of benzene rings is 1. The molecule has 1 atom stereocenters. The summed E-state index contributed by atoms with van der Waals surface area (Å²) in [6, 6.07) is 7.90. The van der Waals surface area contributed by atoms with Gasteiger partial charge in [-0.3, -0.25) is 4.79 Å². The summed E-state index contributed by atoms with van der Waals surface area (Å²) in [7, 11) is 0. The number of carbonyl (C=O) groups excluding carboxylic acids is 1. The molecule has 1 amide bonds. The molecule has 0 aliphatic heterocycles. The Balaban J connectivity index is 1.69. The highest BCUT2D eigenvalue weighted by Gasteiger charge is 2.21. The van der Waals surface area contributed by atoms with Crippen LogP contribution in [0.4, 0.5) is 0 Å². The highest BCUT2D eigenvalue weighted by Crippen LogP contribution is 2.29. The van der Waals surface area contributed by atoms with Gasteiger partial charge in [0.2, 0.25) is 5.91 Å². The van der Waals surface area contributed by atoms with Gasteiger partial charge in [-0.1, -0.05) is 5.16 Å². The minimum atomic E-state index is -0.119. The summed E-state index contributed by atoms with van der Waals surface area (Å²) in [6.45, 7) is 5.85. The number of nitrogens with two attached hydrogens (primary N) is 1. The maximum Gasteiger partial charge on any atom is 0.220 e. The normalized spacial score (nSPS) is 15.4. The van der Waals surface area contributed by atoms with E-state index in [0.717, 1.165) is 36.0 Å². The molecule has 1 aromatic rings. The lowest BCUT2D eigenvalue weighted by molar-refractivity contribution is -0.121. The number of oxime groups is 1. The molecule has 0 aromatic heterocycles. The van der Waals surface area contributed by atoms with Crippen LogP contribution in [0.2, 0.25) is 0 Å². The Kier molecular flexibility index (Phi) is 8.41. The first-order chi connectivity index (χ1) is 12.6. The molecule has 1 fully saturated rings. The Morgan fingerprint density at radius 2 is 2.08 bits per heavy atom. The topological polar surface area (TPSA) is 85.9 Å². The van der Waals surface area contributed by atoms with Crippen LogP contribution >= 0.6 is 0 Å². The van der Waals surface area contributed by atoms with Crippen LogP contribution in [0, 0.1) is 5.92 Å². The predicted molar refractivity (Wildman–Crippen MR) is 103 cm³/mol. The maximum absolute atomic E-state index is 11.7. The van der Waals surface area contributed by atoms with Gasteiger partial charge in [-0.15, -0.1) is 0 Å². The Hall–Kier alpha value is -2.08. The van der Waals surface area contributed by atoms with Gasteiger partial charge in [0.05, 0.1) is 12.3 Å². The van der Waals surface area contributed by atoms with Gasteiger partial charge in [-0.05, 0) is 81.8 Å². The summed E-state index contributed by atoms with van der Waals surface area (Å²) in [4.78, 5) is 17.2. The quantitative estimate of drug-likeness (QED) is 0.340. The van der Waals surface area contributed by atoms with Crippen molar-refractivity contribution in [2.75, 3.05) is 19.7 Å². The molecule has 0 bridgehead atoms. The fraction of sp³-hybridized carbons (Fsp3) is 0.600. The van der Waals surface area contributed by atoms with E-state index in [1.807, 2.05) is 38.1 Å². The van der Waals surface area contributed by atoms with Gasteiger partial charge in [0, 0.05) is 13.0 Å². The van der Waals surface area contributed by atoms with E-state index in [1.54, 1.807) is 0 Å². The number of rotatable bonds is 12. The fourth-order valence-electron chi connectivity index (χ4n) is 2.32. The van der Waals surface area contributed by atoms with Crippen LogP contribution in [0.3, 0.4) is 0 Å². The summed E-state index contributed by atoms with van der Waals surface area (Å²) in [5.74, 6) is 1.66. The molecule has 26 heavy (non-hydrogen) atoms. The average Bonchev–Trinajstić information content (AvgIpc) is 3.48. The van der Waals surface area contributed by atoms with E-state index >= 15 is 0 Å². The third-order valence-electron chi connectivity index (χ3n) is 4.31. The lowest BCUT2D eigenvalue weighted by atomic mass is 10.1. The molecule has 2 rings (SSSR count). The molecule has 1 aromatic carbocycles. The van der Waals surface area contributed by atoms with Crippen molar-refractivity contribution in [3.8, 4) is 5.75 Å². The first-order valence-corrected chi connectivity index (χ1v) is 9.49. The van der Waals surface area contributed by atoms with E-state index in [2.05, 4.69) is 10.5 Å². The first kappa shape index (κ1) is 20.2. The Morgan fingerprint density at radius 3 is 2.73 bits per heavy atom. The van der Waals surface area contributed by atoms with E-state index in [9.17, 15) is 4.79 Å². The van der Waals surface area contributed by atoms with E-state index in [1.165, 1.54) is 12.8 Å². The molecule has 0 heterocycles. The van der Waals surface area contributed by atoms with Gasteiger partial charge in [-0.2, -0.15) is 0 Å². The molecule has 6 nitrogen and oxygen atoms in total. The van der Waals surface area contributed by atoms with Crippen molar-refractivity contribution < 1.29 is 14.4 Å². The Morgan fingerprint density at radius 1 is 1.35 bits per heavy atom. The molecule has 144 valence electrons. The zero-order valence-electron chi connectivity index (χ0n) is 15.9. The van der Waals surface area contributed by atoms with Gasteiger partial charge in [0.1, 0.15) is 11.9 Å². The maximum atomic E-state index is 11.7. The summed E-state index contributed by atoms with van der Waals surface area (Å²) in [6.07, 6.45) is 4.30. The van der Waals surface area contributed by atoms with Crippen LogP contribution in [0.1, 0.15) is 51.5 Å². The first-order valence-electron chi connectivity index (χ1n) is 9.49. The van der Waals surface area contributed by atoms with E-state index in [-0.39, 0.29) is 12.0 Å². The molecule has 0 radical (unpaired) electrons. The molecule has 1 aliphatic carbocycles. The number of nitrogens with one attached hydrogen (secondary N) is 1. The van der Waals surface area contributed by atoms with E-state index in [0.29, 0.717) is 25.9 Å². The van der Waals surface area contributed by atoms with Gasteiger partial charge in [0.25, 0.3) is 0 Å². The van der Waals surface area contributed by atoms with Crippen LogP contribution in [0.25, 0.3) is 0 Å². The van der Waals surface area contributed by atoms with Crippen molar-refractivity contribution in [1.82, 2.24) is 5.32 Å². The van der Waals surface area contributed by atoms with Gasteiger partial charge in [-0.25, -0.2) is 0 Å². The second kappa shape index (κ2) is 10.8.